The Hall–Kier alpha value is -1.08. The maximum absolute atomic E-state index is 11.5. The smallest absolute Gasteiger partial charge is 0.329 e. The Balaban J connectivity index is 2.22. The summed E-state index contributed by atoms with van der Waals surface area (Å²) in [6.07, 6.45) is 0.168. The maximum atomic E-state index is 11.5. The first-order valence-electron chi connectivity index (χ1n) is 5.81. The van der Waals surface area contributed by atoms with E-state index in [1.54, 1.807) is 24.3 Å². The Morgan fingerprint density at radius 3 is 2.21 bits per heavy atom. The Labute approximate surface area is 120 Å². The second-order valence-electron chi connectivity index (χ2n) is 4.67. The molecule has 2 N–H and O–H groups in total. The Kier molecular flexibility index (Phi) is 3.87. The number of nitrogens with one attached hydrogen (secondary N) is 1. The van der Waals surface area contributed by atoms with Gasteiger partial charge in [0.2, 0.25) is 0 Å². The van der Waals surface area contributed by atoms with Gasteiger partial charge in [-0.2, -0.15) is 0 Å². The van der Waals surface area contributed by atoms with Gasteiger partial charge in [-0.05, 0) is 37.1 Å². The number of anilines is 1. The van der Waals surface area contributed by atoms with Crippen LogP contribution in [0.25, 0.3) is 0 Å². The van der Waals surface area contributed by atoms with E-state index in [1.165, 1.54) is 0 Å². The normalized spacial score (nSPS) is 20.7. The van der Waals surface area contributed by atoms with Gasteiger partial charge in [-0.15, -0.1) is 0 Å². The average molecular weight is 348 g/mol. The lowest BCUT2D eigenvalue weighted by Crippen LogP contribution is -2.51. The van der Waals surface area contributed by atoms with Gasteiger partial charge in [0, 0.05) is 10.2 Å². The largest absolute Gasteiger partial charge is 0.480 e. The molecule has 0 aliphatic carbocycles. The van der Waals surface area contributed by atoms with Crippen LogP contribution in [0, 0.1) is 0 Å². The topological polar surface area (TPSA) is 83.5 Å². The molecule has 1 aliphatic rings. The van der Waals surface area contributed by atoms with E-state index in [0.29, 0.717) is 5.69 Å². The second kappa shape index (κ2) is 5.13. The minimum absolute atomic E-state index is 0.0841. The number of carboxylic acid groups (broad SMARTS) is 1. The summed E-state index contributed by atoms with van der Waals surface area (Å²) in [4.78, 5) is 11.5. The molecule has 0 saturated carbocycles. The molecule has 0 amide bonds. The Morgan fingerprint density at radius 2 is 1.74 bits per heavy atom. The van der Waals surface area contributed by atoms with E-state index >= 15 is 0 Å². The third-order valence-corrected chi connectivity index (χ3v) is 5.50. The van der Waals surface area contributed by atoms with Crippen LogP contribution in [0.2, 0.25) is 0 Å². The highest BCUT2D eigenvalue weighted by atomic mass is 79.9. The highest BCUT2D eigenvalue weighted by Crippen LogP contribution is 2.29. The number of hydrogen-bond donors (Lipinski definition) is 2. The van der Waals surface area contributed by atoms with Crippen molar-refractivity contribution >= 4 is 37.4 Å². The van der Waals surface area contributed by atoms with E-state index in [0.717, 1.165) is 4.47 Å². The molecule has 5 nitrogen and oxygen atoms in total. The van der Waals surface area contributed by atoms with Gasteiger partial charge in [-0.1, -0.05) is 15.9 Å². The van der Waals surface area contributed by atoms with Gasteiger partial charge in [-0.3, -0.25) is 0 Å². The molecule has 1 aromatic carbocycles. The van der Waals surface area contributed by atoms with Crippen LogP contribution in [0.1, 0.15) is 12.8 Å². The van der Waals surface area contributed by atoms with Gasteiger partial charge >= 0.3 is 5.97 Å². The van der Waals surface area contributed by atoms with E-state index in [4.69, 9.17) is 0 Å². The number of carbonyl (C=O) groups is 1. The number of halogens is 1. The molecule has 0 spiro atoms. The van der Waals surface area contributed by atoms with Crippen LogP contribution >= 0.6 is 15.9 Å². The molecule has 1 aromatic rings. The molecule has 1 saturated heterocycles. The summed E-state index contributed by atoms with van der Waals surface area (Å²) in [5.74, 6) is -1.20. The van der Waals surface area contributed by atoms with Crippen molar-refractivity contribution in [2.75, 3.05) is 16.8 Å². The number of sulfone groups is 1. The second-order valence-corrected chi connectivity index (χ2v) is 7.89. The lowest BCUT2D eigenvalue weighted by Gasteiger charge is -2.34. The monoisotopic (exact) mass is 347 g/mol. The zero-order valence-corrected chi connectivity index (χ0v) is 12.5. The van der Waals surface area contributed by atoms with Crippen molar-refractivity contribution in [3.63, 3.8) is 0 Å². The van der Waals surface area contributed by atoms with Crippen LogP contribution in [0.15, 0.2) is 28.7 Å². The molecule has 0 unspecified atom stereocenters. The third-order valence-electron chi connectivity index (χ3n) is 3.32. The van der Waals surface area contributed by atoms with Crippen LogP contribution in [0.4, 0.5) is 5.69 Å². The van der Waals surface area contributed by atoms with E-state index < -0.39 is 21.3 Å². The molecule has 7 heteroatoms. The first-order valence-corrected chi connectivity index (χ1v) is 8.42. The first-order chi connectivity index (χ1) is 8.83. The van der Waals surface area contributed by atoms with Crippen molar-refractivity contribution in [2.45, 2.75) is 18.4 Å². The molecule has 0 radical (unpaired) electrons. The molecular weight excluding hydrogens is 334 g/mol. The molecule has 2 rings (SSSR count). The molecule has 1 aliphatic heterocycles. The van der Waals surface area contributed by atoms with Gasteiger partial charge < -0.3 is 10.4 Å². The molecule has 1 heterocycles. The Morgan fingerprint density at radius 1 is 1.21 bits per heavy atom. The fourth-order valence-corrected chi connectivity index (χ4v) is 3.88. The zero-order chi connectivity index (χ0) is 14.1. The van der Waals surface area contributed by atoms with Crippen LogP contribution in [-0.4, -0.2) is 36.5 Å². The zero-order valence-electron chi connectivity index (χ0n) is 10.1. The fourth-order valence-electron chi connectivity index (χ4n) is 2.09. The van der Waals surface area contributed by atoms with Crippen LogP contribution in [0.5, 0.6) is 0 Å². The third kappa shape index (κ3) is 3.27. The number of aliphatic carboxylic acids is 1. The number of carboxylic acids is 1. The molecule has 19 heavy (non-hydrogen) atoms. The van der Waals surface area contributed by atoms with Crippen molar-refractivity contribution in [3.05, 3.63) is 28.7 Å². The van der Waals surface area contributed by atoms with Crippen LogP contribution < -0.4 is 5.32 Å². The van der Waals surface area contributed by atoms with E-state index in [9.17, 15) is 18.3 Å². The summed E-state index contributed by atoms with van der Waals surface area (Å²) < 4.78 is 23.8. The molecule has 0 bridgehead atoms. The maximum Gasteiger partial charge on any atom is 0.329 e. The highest BCUT2D eigenvalue weighted by molar-refractivity contribution is 9.10. The van der Waals surface area contributed by atoms with Gasteiger partial charge in [-0.25, -0.2) is 13.2 Å². The van der Waals surface area contributed by atoms with Gasteiger partial charge in [0.15, 0.2) is 9.84 Å². The van der Waals surface area contributed by atoms with Crippen LogP contribution in [0.3, 0.4) is 0 Å². The van der Waals surface area contributed by atoms with Crippen molar-refractivity contribution in [2.24, 2.45) is 0 Å². The predicted octanol–water partition coefficient (Wildman–Crippen LogP) is 1.89. The number of hydrogen-bond acceptors (Lipinski definition) is 4. The quantitative estimate of drug-likeness (QED) is 0.872. The first kappa shape index (κ1) is 14.3. The minimum Gasteiger partial charge on any atom is -0.480 e. The van der Waals surface area contributed by atoms with Gasteiger partial charge in [0.25, 0.3) is 0 Å². The number of rotatable bonds is 3. The SMILES string of the molecule is O=C(O)C1(Nc2ccc(Br)cc2)CCS(=O)(=O)CC1. The van der Waals surface area contributed by atoms with Crippen molar-refractivity contribution in [1.29, 1.82) is 0 Å². The summed E-state index contributed by atoms with van der Waals surface area (Å²) in [5.41, 5.74) is -0.524. The molecular formula is C12H14BrNO4S. The summed E-state index contributed by atoms with van der Waals surface area (Å²) in [7, 11) is -3.10. The van der Waals surface area contributed by atoms with Gasteiger partial charge in [0.05, 0.1) is 11.5 Å². The molecule has 104 valence electrons. The standard InChI is InChI=1S/C12H14BrNO4S/c13-9-1-3-10(4-2-9)14-12(11(15)16)5-7-19(17,18)8-6-12/h1-4,14H,5-8H2,(H,15,16). The molecule has 1 fully saturated rings. The summed E-state index contributed by atoms with van der Waals surface area (Å²) in [6.45, 7) is 0. The lowest BCUT2D eigenvalue weighted by atomic mass is 9.92. The van der Waals surface area contributed by atoms with Crippen molar-refractivity contribution in [1.82, 2.24) is 0 Å². The average Bonchev–Trinajstić information content (AvgIpc) is 2.35. The summed E-state index contributed by atoms with van der Waals surface area (Å²) in [6, 6.07) is 7.13. The lowest BCUT2D eigenvalue weighted by molar-refractivity contribution is -0.142. The van der Waals surface area contributed by atoms with Crippen LogP contribution in [-0.2, 0) is 14.6 Å². The van der Waals surface area contributed by atoms with Gasteiger partial charge in [0.1, 0.15) is 5.54 Å². The predicted molar refractivity (Wildman–Crippen MR) is 76.0 cm³/mol. The van der Waals surface area contributed by atoms with Crippen molar-refractivity contribution in [3.8, 4) is 0 Å². The van der Waals surface area contributed by atoms with E-state index in [2.05, 4.69) is 21.2 Å². The fraction of sp³-hybridized carbons (Fsp3) is 0.417. The van der Waals surface area contributed by atoms with E-state index in [-0.39, 0.29) is 24.3 Å². The highest BCUT2D eigenvalue weighted by Gasteiger charge is 2.43. The number of benzene rings is 1. The molecule has 0 atom stereocenters. The van der Waals surface area contributed by atoms with E-state index in [1.807, 2.05) is 0 Å². The minimum atomic E-state index is -3.10. The summed E-state index contributed by atoms with van der Waals surface area (Å²) >= 11 is 3.30. The van der Waals surface area contributed by atoms with Crippen molar-refractivity contribution < 1.29 is 18.3 Å². The Bertz CT molecular complexity index is 568. The molecule has 0 aromatic heterocycles. The summed E-state index contributed by atoms with van der Waals surface area (Å²) in [5, 5.41) is 12.4.